The lowest BCUT2D eigenvalue weighted by atomic mass is 10.1. The molecule has 6 nitrogen and oxygen atoms in total. The second-order valence-corrected chi connectivity index (χ2v) is 6.62. The van der Waals surface area contributed by atoms with E-state index in [2.05, 4.69) is 10.0 Å². The van der Waals surface area contributed by atoms with E-state index < -0.39 is 10.0 Å². The molecule has 0 amide bonds. The van der Waals surface area contributed by atoms with Crippen LogP contribution in [0.15, 0.2) is 21.6 Å². The molecule has 1 aliphatic rings. The molecule has 1 aromatic rings. The molecular weight excluding hydrogens is 280 g/mol. The molecule has 1 aromatic heterocycles. The van der Waals surface area contributed by atoms with Gasteiger partial charge < -0.3 is 14.5 Å². The van der Waals surface area contributed by atoms with Crippen molar-refractivity contribution in [3.8, 4) is 0 Å². The fourth-order valence-corrected chi connectivity index (χ4v) is 3.23. The summed E-state index contributed by atoms with van der Waals surface area (Å²) in [7, 11) is -1.78. The molecule has 2 heterocycles. The number of sulfonamides is 1. The number of rotatable bonds is 7. The van der Waals surface area contributed by atoms with Crippen LogP contribution < -0.4 is 10.0 Å². The first-order valence-electron chi connectivity index (χ1n) is 6.96. The minimum absolute atomic E-state index is 0.0349. The quantitative estimate of drug-likeness (QED) is 0.792. The summed E-state index contributed by atoms with van der Waals surface area (Å²) in [5, 5.41) is 2.87. The Hall–Kier alpha value is -0.890. The Kier molecular flexibility index (Phi) is 5.59. The molecule has 2 N–H and O–H groups in total. The molecule has 1 fully saturated rings. The third-order valence-electron chi connectivity index (χ3n) is 3.29. The molecule has 0 spiro atoms. The molecule has 2 rings (SSSR count). The van der Waals surface area contributed by atoms with Crippen LogP contribution in [-0.2, 0) is 21.3 Å². The van der Waals surface area contributed by atoms with Crippen molar-refractivity contribution in [2.45, 2.75) is 43.4 Å². The number of furan rings is 1. The van der Waals surface area contributed by atoms with E-state index in [9.17, 15) is 8.42 Å². The highest BCUT2D eigenvalue weighted by Gasteiger charge is 2.20. The Morgan fingerprint density at radius 2 is 2.20 bits per heavy atom. The second-order valence-electron chi connectivity index (χ2n) is 4.93. The Morgan fingerprint density at radius 3 is 2.90 bits per heavy atom. The van der Waals surface area contributed by atoms with Crippen LogP contribution in [0, 0.1) is 0 Å². The van der Waals surface area contributed by atoms with Crippen molar-refractivity contribution in [1.82, 2.24) is 10.0 Å². The molecule has 1 saturated heterocycles. The van der Waals surface area contributed by atoms with Crippen LogP contribution in [0.25, 0.3) is 0 Å². The SMILES string of the molecule is CNCc1ccc(S(=O)(=O)NCCC2CCCCO2)o1. The maximum Gasteiger partial charge on any atom is 0.273 e. The lowest BCUT2D eigenvalue weighted by Gasteiger charge is -2.22. The molecule has 0 bridgehead atoms. The lowest BCUT2D eigenvalue weighted by Crippen LogP contribution is -2.29. The van der Waals surface area contributed by atoms with Crippen molar-refractivity contribution in [3.05, 3.63) is 17.9 Å². The maximum absolute atomic E-state index is 12.0. The van der Waals surface area contributed by atoms with E-state index in [0.29, 0.717) is 25.3 Å². The zero-order chi connectivity index (χ0) is 14.4. The summed E-state index contributed by atoms with van der Waals surface area (Å²) in [6.45, 7) is 1.66. The smallest absolute Gasteiger partial charge is 0.273 e. The standard InChI is InChI=1S/C13H22N2O4S/c1-14-10-12-5-6-13(19-12)20(16,17)15-8-7-11-4-2-3-9-18-11/h5-6,11,14-15H,2-4,7-10H2,1H3. The summed E-state index contributed by atoms with van der Waals surface area (Å²) in [5.74, 6) is 0.600. The van der Waals surface area contributed by atoms with Crippen molar-refractivity contribution in [1.29, 1.82) is 0 Å². The summed E-state index contributed by atoms with van der Waals surface area (Å²) in [6.07, 6.45) is 4.13. The third-order valence-corrected chi connectivity index (χ3v) is 4.62. The van der Waals surface area contributed by atoms with Crippen LogP contribution in [0.2, 0.25) is 0 Å². The third kappa shape index (κ3) is 4.31. The lowest BCUT2D eigenvalue weighted by molar-refractivity contribution is 0.0123. The molecule has 20 heavy (non-hydrogen) atoms. The van der Waals surface area contributed by atoms with Crippen molar-refractivity contribution in [2.75, 3.05) is 20.2 Å². The molecule has 0 saturated carbocycles. The molecule has 1 unspecified atom stereocenters. The highest BCUT2D eigenvalue weighted by Crippen LogP contribution is 2.16. The van der Waals surface area contributed by atoms with Crippen molar-refractivity contribution >= 4 is 10.0 Å². The van der Waals surface area contributed by atoms with Gasteiger partial charge in [-0.15, -0.1) is 0 Å². The van der Waals surface area contributed by atoms with Gasteiger partial charge in [0, 0.05) is 13.2 Å². The van der Waals surface area contributed by atoms with Gasteiger partial charge in [-0.1, -0.05) is 0 Å². The molecule has 1 aliphatic heterocycles. The van der Waals surface area contributed by atoms with Gasteiger partial charge in [0.25, 0.3) is 10.0 Å². The summed E-state index contributed by atoms with van der Waals surface area (Å²) < 4.78 is 37.5. The summed E-state index contributed by atoms with van der Waals surface area (Å²) >= 11 is 0. The predicted octanol–water partition coefficient (Wildman–Crippen LogP) is 1.24. The topological polar surface area (TPSA) is 80.6 Å². The minimum atomic E-state index is -3.56. The highest BCUT2D eigenvalue weighted by atomic mass is 32.2. The number of ether oxygens (including phenoxy) is 1. The van der Waals surface area contributed by atoms with E-state index in [1.165, 1.54) is 6.07 Å². The van der Waals surface area contributed by atoms with Crippen molar-refractivity contribution in [2.24, 2.45) is 0 Å². The zero-order valence-corrected chi connectivity index (χ0v) is 12.5. The molecule has 0 aliphatic carbocycles. The van der Waals surface area contributed by atoms with Crippen LogP contribution in [-0.4, -0.2) is 34.7 Å². The van der Waals surface area contributed by atoms with Crippen LogP contribution >= 0.6 is 0 Å². The van der Waals surface area contributed by atoms with Gasteiger partial charge in [-0.2, -0.15) is 0 Å². The molecule has 0 radical (unpaired) electrons. The Balaban J connectivity index is 1.83. The maximum atomic E-state index is 12.0. The van der Waals surface area contributed by atoms with Gasteiger partial charge in [-0.3, -0.25) is 0 Å². The van der Waals surface area contributed by atoms with Crippen LogP contribution in [0.1, 0.15) is 31.4 Å². The van der Waals surface area contributed by atoms with Crippen LogP contribution in [0.3, 0.4) is 0 Å². The zero-order valence-electron chi connectivity index (χ0n) is 11.7. The second kappa shape index (κ2) is 7.21. The van der Waals surface area contributed by atoms with E-state index in [0.717, 1.165) is 25.9 Å². The fraction of sp³-hybridized carbons (Fsp3) is 0.692. The first-order valence-corrected chi connectivity index (χ1v) is 8.45. The largest absolute Gasteiger partial charge is 0.447 e. The van der Waals surface area contributed by atoms with Gasteiger partial charge >= 0.3 is 0 Å². The van der Waals surface area contributed by atoms with Gasteiger partial charge in [0.1, 0.15) is 5.76 Å². The van der Waals surface area contributed by atoms with Crippen molar-refractivity contribution in [3.63, 3.8) is 0 Å². The average molecular weight is 302 g/mol. The highest BCUT2D eigenvalue weighted by molar-refractivity contribution is 7.89. The molecular formula is C13H22N2O4S. The summed E-state index contributed by atoms with van der Waals surface area (Å²) in [4.78, 5) is 0. The van der Waals surface area contributed by atoms with Gasteiger partial charge in [0.2, 0.25) is 5.09 Å². The monoisotopic (exact) mass is 302 g/mol. The minimum Gasteiger partial charge on any atom is -0.447 e. The Labute approximate surface area is 119 Å². The van der Waals surface area contributed by atoms with Crippen LogP contribution in [0.4, 0.5) is 0 Å². The normalized spacial score (nSPS) is 20.1. The molecule has 114 valence electrons. The number of hydrogen-bond donors (Lipinski definition) is 2. The van der Waals surface area contributed by atoms with E-state index in [-0.39, 0.29) is 11.2 Å². The van der Waals surface area contributed by atoms with E-state index in [4.69, 9.17) is 9.15 Å². The van der Waals surface area contributed by atoms with E-state index >= 15 is 0 Å². The van der Waals surface area contributed by atoms with Gasteiger partial charge in [-0.25, -0.2) is 13.1 Å². The number of hydrogen-bond acceptors (Lipinski definition) is 5. The Morgan fingerprint density at radius 1 is 1.35 bits per heavy atom. The van der Waals surface area contributed by atoms with Crippen LogP contribution in [0.5, 0.6) is 0 Å². The van der Waals surface area contributed by atoms with Gasteiger partial charge in [-0.05, 0) is 44.9 Å². The first-order chi connectivity index (χ1) is 9.62. The van der Waals surface area contributed by atoms with E-state index in [1.54, 1.807) is 13.1 Å². The first kappa shape index (κ1) is 15.5. The van der Waals surface area contributed by atoms with E-state index in [1.807, 2.05) is 0 Å². The Bertz CT molecular complexity index is 506. The molecule has 0 aromatic carbocycles. The van der Waals surface area contributed by atoms with Gasteiger partial charge in [0.05, 0.1) is 12.6 Å². The summed E-state index contributed by atoms with van der Waals surface area (Å²) in [6, 6.07) is 3.14. The van der Waals surface area contributed by atoms with Gasteiger partial charge in [0.15, 0.2) is 0 Å². The average Bonchev–Trinajstić information content (AvgIpc) is 2.90. The van der Waals surface area contributed by atoms with Crippen molar-refractivity contribution < 1.29 is 17.6 Å². The fourth-order valence-electron chi connectivity index (χ4n) is 2.23. The molecule has 1 atom stereocenters. The molecule has 7 heteroatoms. The summed E-state index contributed by atoms with van der Waals surface area (Å²) in [5.41, 5.74) is 0. The number of nitrogens with one attached hydrogen (secondary N) is 2. The predicted molar refractivity (Wildman–Crippen MR) is 74.9 cm³/mol.